The van der Waals surface area contributed by atoms with E-state index in [1.807, 2.05) is 0 Å². The number of aromatic nitrogens is 1. The Balaban J connectivity index is 2.19. The van der Waals surface area contributed by atoms with Gasteiger partial charge in [-0.25, -0.2) is 13.8 Å². The molecule has 2 nitrogen and oxygen atoms in total. The standard InChI is InChI=1S/C13H6ClF2NO/c14-8-3-1-2-7(4-8)13-17-11-5-9(15)10(16)6-12(11)18-13/h1-6H. The van der Waals surface area contributed by atoms with Gasteiger partial charge in [-0.1, -0.05) is 17.7 Å². The van der Waals surface area contributed by atoms with Gasteiger partial charge in [0.05, 0.1) is 0 Å². The zero-order valence-corrected chi connectivity index (χ0v) is 9.71. The van der Waals surface area contributed by atoms with Gasteiger partial charge >= 0.3 is 0 Å². The normalized spacial score (nSPS) is 11.1. The number of nitrogens with zero attached hydrogens (tertiary/aromatic N) is 1. The predicted molar refractivity (Wildman–Crippen MR) is 64.4 cm³/mol. The van der Waals surface area contributed by atoms with E-state index in [0.29, 0.717) is 10.6 Å². The third-order valence-electron chi connectivity index (χ3n) is 2.50. The smallest absolute Gasteiger partial charge is 0.227 e. The number of hydrogen-bond donors (Lipinski definition) is 0. The fourth-order valence-corrected chi connectivity index (χ4v) is 1.86. The van der Waals surface area contributed by atoms with Gasteiger partial charge < -0.3 is 4.42 Å². The molecule has 0 saturated carbocycles. The minimum absolute atomic E-state index is 0.198. The molecule has 2 aromatic carbocycles. The second-order valence-corrected chi connectivity index (χ2v) is 4.20. The number of halogens is 3. The van der Waals surface area contributed by atoms with Crippen molar-refractivity contribution in [2.45, 2.75) is 0 Å². The average molecular weight is 266 g/mol. The number of benzene rings is 2. The van der Waals surface area contributed by atoms with E-state index in [9.17, 15) is 8.78 Å². The summed E-state index contributed by atoms with van der Waals surface area (Å²) in [6.45, 7) is 0. The van der Waals surface area contributed by atoms with Crippen LogP contribution in [0, 0.1) is 11.6 Å². The van der Waals surface area contributed by atoms with Crippen molar-refractivity contribution >= 4 is 22.7 Å². The maximum absolute atomic E-state index is 13.0. The molecule has 0 unspecified atom stereocenters. The van der Waals surface area contributed by atoms with Gasteiger partial charge in [0.25, 0.3) is 0 Å². The molecule has 0 aliphatic carbocycles. The molecular formula is C13H6ClF2NO. The highest BCUT2D eigenvalue weighted by Crippen LogP contribution is 2.27. The Morgan fingerprint density at radius 1 is 1.06 bits per heavy atom. The Bertz CT molecular complexity index is 700. The maximum atomic E-state index is 13.0. The highest BCUT2D eigenvalue weighted by molar-refractivity contribution is 6.30. The first-order valence-electron chi connectivity index (χ1n) is 5.15. The molecule has 0 spiro atoms. The molecule has 18 heavy (non-hydrogen) atoms. The maximum Gasteiger partial charge on any atom is 0.227 e. The fourth-order valence-electron chi connectivity index (χ4n) is 1.67. The fraction of sp³-hybridized carbons (Fsp3) is 0. The van der Waals surface area contributed by atoms with E-state index in [0.717, 1.165) is 12.1 Å². The topological polar surface area (TPSA) is 26.0 Å². The predicted octanol–water partition coefficient (Wildman–Crippen LogP) is 4.43. The van der Waals surface area contributed by atoms with Crippen LogP contribution < -0.4 is 0 Å². The number of hydrogen-bond acceptors (Lipinski definition) is 2. The molecule has 5 heteroatoms. The van der Waals surface area contributed by atoms with Crippen molar-refractivity contribution < 1.29 is 13.2 Å². The van der Waals surface area contributed by atoms with Crippen molar-refractivity contribution in [3.8, 4) is 11.5 Å². The van der Waals surface area contributed by atoms with Crippen LogP contribution in [0.1, 0.15) is 0 Å². The molecule has 0 atom stereocenters. The van der Waals surface area contributed by atoms with Crippen LogP contribution in [-0.4, -0.2) is 4.98 Å². The summed E-state index contributed by atoms with van der Waals surface area (Å²) in [5.41, 5.74) is 1.12. The lowest BCUT2D eigenvalue weighted by Gasteiger charge is -1.94. The first kappa shape index (κ1) is 11.2. The van der Waals surface area contributed by atoms with Gasteiger partial charge in [0, 0.05) is 22.7 Å². The highest BCUT2D eigenvalue weighted by Gasteiger charge is 2.12. The number of fused-ring (bicyclic) bond motifs is 1. The second-order valence-electron chi connectivity index (χ2n) is 3.76. The second kappa shape index (κ2) is 4.07. The summed E-state index contributed by atoms with van der Waals surface area (Å²) in [6, 6.07) is 8.86. The van der Waals surface area contributed by atoms with Crippen LogP contribution in [0.15, 0.2) is 40.8 Å². The molecule has 0 radical (unpaired) electrons. The molecule has 1 aromatic heterocycles. The van der Waals surface area contributed by atoms with Gasteiger partial charge in [0.15, 0.2) is 17.2 Å². The number of oxazole rings is 1. The minimum atomic E-state index is -0.962. The van der Waals surface area contributed by atoms with Gasteiger partial charge in [-0.2, -0.15) is 0 Å². The van der Waals surface area contributed by atoms with Crippen LogP contribution in [0.2, 0.25) is 5.02 Å². The first-order chi connectivity index (χ1) is 8.63. The summed E-state index contributed by atoms with van der Waals surface area (Å²) in [7, 11) is 0. The van der Waals surface area contributed by atoms with E-state index >= 15 is 0 Å². The van der Waals surface area contributed by atoms with E-state index in [1.54, 1.807) is 24.3 Å². The third kappa shape index (κ3) is 1.84. The molecule has 1 heterocycles. The molecule has 90 valence electrons. The van der Waals surface area contributed by atoms with Crippen molar-refractivity contribution in [3.05, 3.63) is 53.1 Å². The molecule has 0 bridgehead atoms. The van der Waals surface area contributed by atoms with Crippen LogP contribution in [0.3, 0.4) is 0 Å². The monoisotopic (exact) mass is 265 g/mol. The minimum Gasteiger partial charge on any atom is -0.436 e. The summed E-state index contributed by atoms with van der Waals surface area (Å²) in [5, 5.41) is 0.534. The quantitative estimate of drug-likeness (QED) is 0.651. The molecule has 0 N–H and O–H groups in total. The molecular weight excluding hydrogens is 260 g/mol. The Labute approximate surface area is 106 Å². The summed E-state index contributed by atoms with van der Waals surface area (Å²) in [6.07, 6.45) is 0. The van der Waals surface area contributed by atoms with Gasteiger partial charge in [-0.15, -0.1) is 0 Å². The molecule has 0 aliphatic rings. The Kier molecular flexibility index (Phi) is 2.52. The summed E-state index contributed by atoms with van der Waals surface area (Å²) < 4.78 is 31.5. The van der Waals surface area contributed by atoms with E-state index < -0.39 is 11.6 Å². The van der Waals surface area contributed by atoms with Crippen molar-refractivity contribution in [3.63, 3.8) is 0 Å². The average Bonchev–Trinajstić information content (AvgIpc) is 2.73. The van der Waals surface area contributed by atoms with E-state index in [1.165, 1.54) is 0 Å². The first-order valence-corrected chi connectivity index (χ1v) is 5.53. The zero-order valence-electron chi connectivity index (χ0n) is 8.95. The lowest BCUT2D eigenvalue weighted by molar-refractivity contribution is 0.507. The summed E-state index contributed by atoms with van der Waals surface area (Å²) >= 11 is 5.85. The van der Waals surface area contributed by atoms with Crippen molar-refractivity contribution in [2.24, 2.45) is 0 Å². The SMILES string of the molecule is Fc1cc2nc(-c3cccc(Cl)c3)oc2cc1F. The Hall–Kier alpha value is -1.94. The molecule has 3 rings (SSSR count). The lowest BCUT2D eigenvalue weighted by atomic mass is 10.2. The van der Waals surface area contributed by atoms with Crippen LogP contribution in [0.25, 0.3) is 22.6 Å². The molecule has 0 amide bonds. The highest BCUT2D eigenvalue weighted by atomic mass is 35.5. The molecule has 3 aromatic rings. The number of rotatable bonds is 1. The van der Waals surface area contributed by atoms with Crippen LogP contribution in [-0.2, 0) is 0 Å². The van der Waals surface area contributed by atoms with Crippen molar-refractivity contribution in [1.29, 1.82) is 0 Å². The Morgan fingerprint density at radius 3 is 2.61 bits per heavy atom. The largest absolute Gasteiger partial charge is 0.436 e. The van der Waals surface area contributed by atoms with E-state index in [-0.39, 0.29) is 17.0 Å². The van der Waals surface area contributed by atoms with Crippen LogP contribution in [0.5, 0.6) is 0 Å². The molecule has 0 fully saturated rings. The lowest BCUT2D eigenvalue weighted by Crippen LogP contribution is -1.81. The van der Waals surface area contributed by atoms with Crippen molar-refractivity contribution in [2.75, 3.05) is 0 Å². The summed E-state index contributed by atoms with van der Waals surface area (Å²) in [4.78, 5) is 4.09. The summed E-state index contributed by atoms with van der Waals surface area (Å²) in [5.74, 6) is -1.64. The van der Waals surface area contributed by atoms with E-state index in [2.05, 4.69) is 4.98 Å². The van der Waals surface area contributed by atoms with Crippen molar-refractivity contribution in [1.82, 2.24) is 4.98 Å². The zero-order chi connectivity index (χ0) is 12.7. The molecule has 0 saturated heterocycles. The third-order valence-corrected chi connectivity index (χ3v) is 2.74. The molecule has 0 aliphatic heterocycles. The van der Waals surface area contributed by atoms with E-state index in [4.69, 9.17) is 16.0 Å². The van der Waals surface area contributed by atoms with Crippen LogP contribution >= 0.6 is 11.6 Å². The Morgan fingerprint density at radius 2 is 1.83 bits per heavy atom. The van der Waals surface area contributed by atoms with Gasteiger partial charge in [0.1, 0.15) is 5.52 Å². The van der Waals surface area contributed by atoms with Gasteiger partial charge in [0.2, 0.25) is 5.89 Å². The van der Waals surface area contributed by atoms with Crippen LogP contribution in [0.4, 0.5) is 8.78 Å². The van der Waals surface area contributed by atoms with Gasteiger partial charge in [-0.05, 0) is 18.2 Å². The van der Waals surface area contributed by atoms with Gasteiger partial charge in [-0.3, -0.25) is 0 Å².